The summed E-state index contributed by atoms with van der Waals surface area (Å²) < 4.78 is 0. The Kier molecular flexibility index (Phi) is 5.27. The number of hydrogen-bond acceptors (Lipinski definition) is 1. The lowest BCUT2D eigenvalue weighted by Gasteiger charge is -1.69. The zero-order chi connectivity index (χ0) is 6.24. The molecule has 0 unspecified atom stereocenters. The first-order valence-corrected chi connectivity index (χ1v) is 2.32. The minimum atomic E-state index is 1.44. The maximum atomic E-state index is 3.70. The Labute approximate surface area is 48.9 Å². The van der Waals surface area contributed by atoms with Gasteiger partial charge >= 0.3 is 0 Å². The highest BCUT2D eigenvalue weighted by Crippen LogP contribution is 1.59. The van der Waals surface area contributed by atoms with Crippen LogP contribution in [0, 0.1) is 0 Å². The van der Waals surface area contributed by atoms with E-state index in [-0.39, 0.29) is 0 Å². The van der Waals surface area contributed by atoms with Crippen LogP contribution in [0.15, 0.2) is 15.0 Å². The van der Waals surface area contributed by atoms with Gasteiger partial charge in [-0.1, -0.05) is 0 Å². The minimum Gasteiger partial charge on any atom is -0.277 e. The quantitative estimate of drug-likeness (QED) is 0.373. The fourth-order valence-electron chi connectivity index (χ4n) is 0.202. The van der Waals surface area contributed by atoms with Crippen LogP contribution in [-0.2, 0) is 0 Å². The molecule has 3 nitrogen and oxygen atoms in total. The van der Waals surface area contributed by atoms with Gasteiger partial charge in [-0.2, -0.15) is 0 Å². The molecule has 0 aromatic carbocycles. The molecule has 0 rings (SSSR count). The largest absolute Gasteiger partial charge is 0.277 e. The first-order valence-electron chi connectivity index (χ1n) is 2.32. The van der Waals surface area contributed by atoms with Gasteiger partial charge < -0.3 is 0 Å². The topological polar surface area (TPSA) is 37.1 Å². The molecule has 0 bridgehead atoms. The van der Waals surface area contributed by atoms with Crippen LogP contribution in [0.3, 0.4) is 0 Å². The summed E-state index contributed by atoms with van der Waals surface area (Å²) >= 11 is 0. The van der Waals surface area contributed by atoms with Crippen LogP contribution >= 0.6 is 0 Å². The summed E-state index contributed by atoms with van der Waals surface area (Å²) in [6.45, 7) is 1.83. The van der Waals surface area contributed by atoms with Crippen molar-refractivity contribution in [2.24, 2.45) is 15.0 Å². The summed E-state index contributed by atoms with van der Waals surface area (Å²) in [6.07, 6.45) is 4.53. The molecule has 0 aliphatic heterocycles. The Bertz CT molecular complexity index is 98.8. The second kappa shape index (κ2) is 6.01. The smallest absolute Gasteiger partial charge is 0.116 e. The Morgan fingerprint density at radius 2 is 1.88 bits per heavy atom. The van der Waals surface area contributed by atoms with E-state index in [9.17, 15) is 0 Å². The van der Waals surface area contributed by atoms with Gasteiger partial charge in [0.2, 0.25) is 0 Å². The third-order valence-electron chi connectivity index (χ3n) is 0.465. The van der Waals surface area contributed by atoms with Crippen LogP contribution in [0.5, 0.6) is 0 Å². The van der Waals surface area contributed by atoms with Crippen molar-refractivity contribution in [3.05, 3.63) is 0 Å². The van der Waals surface area contributed by atoms with Gasteiger partial charge in [-0.25, -0.2) is 9.98 Å². The molecular formula is C5H9N3. The molecule has 0 heterocycles. The Balaban J connectivity index is 3.35. The monoisotopic (exact) mass is 111 g/mol. The molecule has 3 heteroatoms. The van der Waals surface area contributed by atoms with Gasteiger partial charge in [0.15, 0.2) is 0 Å². The van der Waals surface area contributed by atoms with Crippen LogP contribution in [0.4, 0.5) is 0 Å². The van der Waals surface area contributed by atoms with Crippen molar-refractivity contribution in [2.75, 3.05) is 7.05 Å². The fraction of sp³-hybridized carbons (Fsp3) is 0.400. The van der Waals surface area contributed by atoms with E-state index in [0.29, 0.717) is 0 Å². The first-order chi connectivity index (χ1) is 3.91. The average Bonchev–Trinajstić information content (AvgIpc) is 1.81. The summed E-state index contributed by atoms with van der Waals surface area (Å²) in [5.41, 5.74) is 0. The van der Waals surface area contributed by atoms with Gasteiger partial charge in [-0.15, -0.1) is 0 Å². The molecule has 0 N–H and O–H groups in total. The summed E-state index contributed by atoms with van der Waals surface area (Å²) in [4.78, 5) is 11.0. The van der Waals surface area contributed by atoms with E-state index < -0.39 is 0 Å². The molecule has 0 aromatic rings. The van der Waals surface area contributed by atoms with Gasteiger partial charge in [0, 0.05) is 13.3 Å². The summed E-state index contributed by atoms with van der Waals surface area (Å²) in [6, 6.07) is 0. The molecule has 0 saturated heterocycles. The predicted octanol–water partition coefficient (Wildman–Crippen LogP) is 0.764. The average molecular weight is 111 g/mol. The van der Waals surface area contributed by atoms with E-state index in [1.807, 2.05) is 6.92 Å². The zero-order valence-corrected chi connectivity index (χ0v) is 5.07. The van der Waals surface area contributed by atoms with E-state index in [4.69, 9.17) is 0 Å². The lowest BCUT2D eigenvalue weighted by atomic mass is 10.9. The van der Waals surface area contributed by atoms with E-state index >= 15 is 0 Å². The molecule has 44 valence electrons. The molecule has 8 heavy (non-hydrogen) atoms. The van der Waals surface area contributed by atoms with Crippen LogP contribution in [0.2, 0.25) is 0 Å². The summed E-state index contributed by atoms with van der Waals surface area (Å²) in [5.74, 6) is 0. The lowest BCUT2D eigenvalue weighted by molar-refractivity contribution is 1.44. The minimum absolute atomic E-state index is 1.44. The number of aliphatic imine (C=N–C) groups is 3. The number of nitrogens with zero attached hydrogens (tertiary/aromatic N) is 3. The van der Waals surface area contributed by atoms with Crippen molar-refractivity contribution in [2.45, 2.75) is 6.92 Å². The second-order valence-corrected chi connectivity index (χ2v) is 1.05. The molecule has 0 spiro atoms. The van der Waals surface area contributed by atoms with Crippen molar-refractivity contribution < 1.29 is 0 Å². The van der Waals surface area contributed by atoms with Gasteiger partial charge in [-0.3, -0.25) is 4.99 Å². The standard InChI is InChI=1S/C5H9N3/c1-3-7-5-8-4-6-2/h3-5H,1-2H3/b6-4-,7-3+,8-5-. The fourth-order valence-corrected chi connectivity index (χ4v) is 0.202. The third kappa shape index (κ3) is 5.01. The molecule has 0 aromatic heterocycles. The van der Waals surface area contributed by atoms with E-state index in [0.717, 1.165) is 0 Å². The zero-order valence-electron chi connectivity index (χ0n) is 5.07. The summed E-state index contributed by atoms with van der Waals surface area (Å²) in [5, 5.41) is 0. The highest BCUT2D eigenvalue weighted by Gasteiger charge is 1.55. The van der Waals surface area contributed by atoms with Crippen molar-refractivity contribution >= 4 is 18.9 Å². The molecule has 0 fully saturated rings. The van der Waals surface area contributed by atoms with Crippen molar-refractivity contribution in [1.29, 1.82) is 0 Å². The maximum absolute atomic E-state index is 3.70. The molecule has 0 saturated carbocycles. The highest BCUT2D eigenvalue weighted by molar-refractivity contribution is 5.77. The van der Waals surface area contributed by atoms with Crippen molar-refractivity contribution in [3.63, 3.8) is 0 Å². The molecular weight excluding hydrogens is 102 g/mol. The van der Waals surface area contributed by atoms with Gasteiger partial charge in [0.25, 0.3) is 0 Å². The third-order valence-corrected chi connectivity index (χ3v) is 0.465. The molecule has 0 aliphatic carbocycles. The van der Waals surface area contributed by atoms with Crippen molar-refractivity contribution in [1.82, 2.24) is 0 Å². The molecule has 0 radical (unpaired) electrons. The Hall–Kier alpha value is -0.990. The second-order valence-electron chi connectivity index (χ2n) is 1.05. The van der Waals surface area contributed by atoms with Crippen LogP contribution in [-0.4, -0.2) is 25.9 Å². The van der Waals surface area contributed by atoms with Crippen molar-refractivity contribution in [3.8, 4) is 0 Å². The van der Waals surface area contributed by atoms with E-state index in [2.05, 4.69) is 15.0 Å². The molecule has 0 amide bonds. The van der Waals surface area contributed by atoms with Crippen LogP contribution < -0.4 is 0 Å². The normalized spacial score (nSPS) is 12.8. The SMILES string of the molecule is C/C=N/C=N\C=N/C. The lowest BCUT2D eigenvalue weighted by Crippen LogP contribution is -1.67. The Morgan fingerprint density at radius 3 is 2.38 bits per heavy atom. The predicted molar refractivity (Wildman–Crippen MR) is 37.1 cm³/mol. The van der Waals surface area contributed by atoms with E-state index in [1.165, 1.54) is 12.7 Å². The van der Waals surface area contributed by atoms with Gasteiger partial charge in [0.1, 0.15) is 12.7 Å². The Morgan fingerprint density at radius 1 is 1.12 bits per heavy atom. The van der Waals surface area contributed by atoms with Crippen LogP contribution in [0.1, 0.15) is 6.92 Å². The summed E-state index contributed by atoms with van der Waals surface area (Å²) in [7, 11) is 1.66. The van der Waals surface area contributed by atoms with Gasteiger partial charge in [-0.05, 0) is 6.92 Å². The molecule has 0 aliphatic rings. The van der Waals surface area contributed by atoms with Gasteiger partial charge in [0.05, 0.1) is 0 Å². The molecule has 0 atom stereocenters. The maximum Gasteiger partial charge on any atom is 0.116 e. The highest BCUT2D eigenvalue weighted by atomic mass is 14.9. The first kappa shape index (κ1) is 7.01. The van der Waals surface area contributed by atoms with Crippen LogP contribution in [0.25, 0.3) is 0 Å². The number of rotatable bonds is 2. The number of hydrogen-bond donors (Lipinski definition) is 0. The van der Waals surface area contributed by atoms with E-state index in [1.54, 1.807) is 13.3 Å².